The van der Waals surface area contributed by atoms with Crippen LogP contribution in [0, 0.1) is 12.8 Å². The van der Waals surface area contributed by atoms with E-state index in [-0.39, 0.29) is 0 Å². The summed E-state index contributed by atoms with van der Waals surface area (Å²) in [5.41, 5.74) is 1.12. The van der Waals surface area contributed by atoms with Crippen molar-refractivity contribution in [3.63, 3.8) is 0 Å². The third-order valence-corrected chi connectivity index (χ3v) is 5.94. The van der Waals surface area contributed by atoms with Crippen LogP contribution in [0.4, 0.5) is 0 Å². The van der Waals surface area contributed by atoms with Crippen molar-refractivity contribution in [3.8, 4) is 5.75 Å². The van der Waals surface area contributed by atoms with Gasteiger partial charge in [-0.05, 0) is 30.5 Å². The third-order valence-electron chi connectivity index (χ3n) is 5.94. The molecule has 9 nitrogen and oxygen atoms in total. The molecule has 1 aromatic heterocycles. The lowest BCUT2D eigenvalue weighted by Gasteiger charge is -2.37. The van der Waals surface area contributed by atoms with Crippen LogP contribution in [-0.4, -0.2) is 71.6 Å². The minimum absolute atomic E-state index is 0.406. The van der Waals surface area contributed by atoms with Crippen LogP contribution in [0.3, 0.4) is 0 Å². The van der Waals surface area contributed by atoms with Crippen molar-refractivity contribution in [2.75, 3.05) is 40.0 Å². The molecule has 0 bridgehead atoms. The number of aromatic nitrogens is 3. The Labute approximate surface area is 191 Å². The molecule has 2 N–H and O–H groups in total. The van der Waals surface area contributed by atoms with E-state index in [1.165, 1.54) is 0 Å². The second kappa shape index (κ2) is 11.8. The highest BCUT2D eigenvalue weighted by atomic mass is 16.5. The van der Waals surface area contributed by atoms with Gasteiger partial charge in [0, 0.05) is 32.7 Å². The Bertz CT molecular complexity index is 858. The average Bonchev–Trinajstić information content (AvgIpc) is 3.13. The number of rotatable bonds is 9. The fourth-order valence-corrected chi connectivity index (χ4v) is 3.74. The van der Waals surface area contributed by atoms with Gasteiger partial charge in [-0.25, -0.2) is 4.99 Å². The monoisotopic (exact) mass is 443 g/mol. The van der Waals surface area contributed by atoms with Crippen LogP contribution in [-0.2, 0) is 24.9 Å². The van der Waals surface area contributed by atoms with Crippen LogP contribution in [0.15, 0.2) is 29.3 Å². The molecule has 2 aromatic rings. The fourth-order valence-electron chi connectivity index (χ4n) is 3.74. The van der Waals surface area contributed by atoms with E-state index >= 15 is 0 Å². The Morgan fingerprint density at radius 1 is 1.16 bits per heavy atom. The van der Waals surface area contributed by atoms with Gasteiger partial charge in [-0.2, -0.15) is 0 Å². The summed E-state index contributed by atoms with van der Waals surface area (Å²) in [5, 5.41) is 15.4. The summed E-state index contributed by atoms with van der Waals surface area (Å²) < 4.78 is 12.8. The number of morpholine rings is 1. The highest BCUT2D eigenvalue weighted by molar-refractivity contribution is 5.79. The van der Waals surface area contributed by atoms with E-state index in [1.807, 2.05) is 42.8 Å². The molecule has 176 valence electrons. The standard InChI is InChI=1S/C23H37N7O2/c1-17(2)21(30-10-12-32-13-11-30)15-25-23(26-16-22-28-27-18(3)29(22)4)24-14-19-6-8-20(31-5)9-7-19/h6-9,17,21H,10-16H2,1-5H3,(H2,24,25,26). The van der Waals surface area contributed by atoms with E-state index in [4.69, 9.17) is 14.5 Å². The molecule has 0 saturated carbocycles. The van der Waals surface area contributed by atoms with Crippen molar-refractivity contribution in [1.82, 2.24) is 30.3 Å². The van der Waals surface area contributed by atoms with Crippen molar-refractivity contribution in [3.05, 3.63) is 41.5 Å². The lowest BCUT2D eigenvalue weighted by Crippen LogP contribution is -2.52. The number of nitrogens with one attached hydrogen (secondary N) is 2. The third kappa shape index (κ3) is 6.67. The second-order valence-corrected chi connectivity index (χ2v) is 8.43. The zero-order valence-electron chi connectivity index (χ0n) is 20.0. The van der Waals surface area contributed by atoms with E-state index < -0.39 is 0 Å². The Morgan fingerprint density at radius 2 is 1.88 bits per heavy atom. The van der Waals surface area contributed by atoms with Crippen molar-refractivity contribution in [1.29, 1.82) is 0 Å². The van der Waals surface area contributed by atoms with E-state index in [0.717, 1.165) is 61.8 Å². The lowest BCUT2D eigenvalue weighted by molar-refractivity contribution is 0.00752. The summed E-state index contributed by atoms with van der Waals surface area (Å²) in [6.45, 7) is 11.9. The Hall–Kier alpha value is -2.65. The topological polar surface area (TPSA) is 88.8 Å². The smallest absolute Gasteiger partial charge is 0.192 e. The molecule has 1 aliphatic heterocycles. The molecule has 1 unspecified atom stereocenters. The van der Waals surface area contributed by atoms with Gasteiger partial charge in [0.2, 0.25) is 0 Å². The molecule has 1 aromatic carbocycles. The largest absolute Gasteiger partial charge is 0.497 e. The SMILES string of the molecule is COc1ccc(CN=C(NCc2nnc(C)n2C)NCC(C(C)C)N2CCOCC2)cc1. The van der Waals surface area contributed by atoms with E-state index in [0.29, 0.717) is 25.0 Å². The molecular formula is C23H37N7O2. The minimum Gasteiger partial charge on any atom is -0.497 e. The van der Waals surface area contributed by atoms with Gasteiger partial charge in [0.25, 0.3) is 0 Å². The maximum Gasteiger partial charge on any atom is 0.192 e. The Balaban J connectivity index is 1.68. The van der Waals surface area contributed by atoms with E-state index in [2.05, 4.69) is 39.6 Å². The first-order chi connectivity index (χ1) is 15.5. The molecule has 1 atom stereocenters. The molecular weight excluding hydrogens is 406 g/mol. The maximum atomic E-state index is 5.54. The first kappa shape index (κ1) is 24.0. The predicted octanol–water partition coefficient (Wildman–Crippen LogP) is 1.72. The zero-order valence-corrected chi connectivity index (χ0v) is 20.0. The average molecular weight is 444 g/mol. The number of benzene rings is 1. The molecule has 0 amide bonds. The fraction of sp³-hybridized carbons (Fsp3) is 0.609. The number of nitrogens with zero attached hydrogens (tertiary/aromatic N) is 5. The van der Waals surface area contributed by atoms with Gasteiger partial charge in [-0.15, -0.1) is 10.2 Å². The molecule has 1 fully saturated rings. The maximum absolute atomic E-state index is 5.54. The highest BCUT2D eigenvalue weighted by Crippen LogP contribution is 2.13. The highest BCUT2D eigenvalue weighted by Gasteiger charge is 2.24. The van der Waals surface area contributed by atoms with Crippen LogP contribution in [0.5, 0.6) is 5.75 Å². The van der Waals surface area contributed by atoms with E-state index in [9.17, 15) is 0 Å². The normalized spacial score (nSPS) is 16.2. The van der Waals surface area contributed by atoms with Gasteiger partial charge in [0.1, 0.15) is 11.6 Å². The van der Waals surface area contributed by atoms with E-state index in [1.54, 1.807) is 7.11 Å². The Kier molecular flexibility index (Phi) is 8.87. The van der Waals surface area contributed by atoms with Gasteiger partial charge in [0.15, 0.2) is 11.8 Å². The zero-order chi connectivity index (χ0) is 22.9. The number of methoxy groups -OCH3 is 1. The van der Waals surface area contributed by atoms with Crippen LogP contribution >= 0.6 is 0 Å². The van der Waals surface area contributed by atoms with Gasteiger partial charge in [-0.3, -0.25) is 4.90 Å². The summed E-state index contributed by atoms with van der Waals surface area (Å²) in [5.74, 6) is 3.89. The quantitative estimate of drug-likeness (QED) is 0.451. The molecule has 0 aliphatic carbocycles. The first-order valence-corrected chi connectivity index (χ1v) is 11.3. The molecule has 2 heterocycles. The summed E-state index contributed by atoms with van der Waals surface area (Å²) in [6.07, 6.45) is 0. The summed E-state index contributed by atoms with van der Waals surface area (Å²) in [7, 11) is 3.65. The summed E-state index contributed by atoms with van der Waals surface area (Å²) in [6, 6.07) is 8.40. The summed E-state index contributed by atoms with van der Waals surface area (Å²) >= 11 is 0. The Morgan fingerprint density at radius 3 is 2.47 bits per heavy atom. The van der Waals surface area contributed by atoms with Crippen LogP contribution in [0.2, 0.25) is 0 Å². The number of aryl methyl sites for hydroxylation is 1. The van der Waals surface area contributed by atoms with Crippen LogP contribution in [0.25, 0.3) is 0 Å². The van der Waals surface area contributed by atoms with Gasteiger partial charge in [-0.1, -0.05) is 26.0 Å². The lowest BCUT2D eigenvalue weighted by atomic mass is 10.0. The molecule has 1 aliphatic rings. The molecule has 0 radical (unpaired) electrons. The summed E-state index contributed by atoms with van der Waals surface area (Å²) in [4.78, 5) is 7.34. The second-order valence-electron chi connectivity index (χ2n) is 8.43. The van der Waals surface area contributed by atoms with Crippen molar-refractivity contribution in [2.45, 2.75) is 39.9 Å². The van der Waals surface area contributed by atoms with Crippen molar-refractivity contribution < 1.29 is 9.47 Å². The van der Waals surface area contributed by atoms with Crippen molar-refractivity contribution >= 4 is 5.96 Å². The molecule has 32 heavy (non-hydrogen) atoms. The number of ether oxygens (including phenoxy) is 2. The molecule has 1 saturated heterocycles. The molecule has 0 spiro atoms. The van der Waals surface area contributed by atoms with Crippen LogP contribution < -0.4 is 15.4 Å². The van der Waals surface area contributed by atoms with Gasteiger partial charge in [0.05, 0.1) is 33.4 Å². The van der Waals surface area contributed by atoms with Gasteiger partial charge >= 0.3 is 0 Å². The van der Waals surface area contributed by atoms with Gasteiger partial charge < -0.3 is 24.7 Å². The number of guanidine groups is 1. The van der Waals surface area contributed by atoms with Crippen molar-refractivity contribution in [2.24, 2.45) is 18.0 Å². The number of hydrogen-bond donors (Lipinski definition) is 2. The first-order valence-electron chi connectivity index (χ1n) is 11.3. The predicted molar refractivity (Wildman–Crippen MR) is 126 cm³/mol. The van der Waals surface area contributed by atoms with Crippen LogP contribution in [0.1, 0.15) is 31.1 Å². The minimum atomic E-state index is 0.406. The molecule has 3 rings (SSSR count). The molecule has 9 heteroatoms. The number of hydrogen-bond acceptors (Lipinski definition) is 6. The number of aliphatic imine (C=N–C) groups is 1.